The molecule has 1 aromatic carbocycles. The maximum absolute atomic E-state index is 9.86. The molecule has 1 aliphatic heterocycles. The normalized spacial score (nSPS) is 17.4. The molecule has 0 aromatic heterocycles. The van der Waals surface area contributed by atoms with Crippen LogP contribution in [0.15, 0.2) is 12.1 Å². The van der Waals surface area contributed by atoms with E-state index in [-0.39, 0.29) is 0 Å². The van der Waals surface area contributed by atoms with E-state index in [1.54, 1.807) is 21.1 Å². The van der Waals surface area contributed by atoms with Gasteiger partial charge < -0.3 is 19.3 Å². The van der Waals surface area contributed by atoms with Gasteiger partial charge in [0.2, 0.25) is 5.75 Å². The minimum Gasteiger partial charge on any atom is -0.492 e. The zero-order valence-electron chi connectivity index (χ0n) is 12.0. The van der Waals surface area contributed by atoms with Crippen molar-refractivity contribution in [2.24, 2.45) is 0 Å². The quantitative estimate of drug-likeness (QED) is 0.911. The molecule has 0 aliphatic carbocycles. The molecule has 1 aromatic rings. The van der Waals surface area contributed by atoms with Crippen LogP contribution < -0.4 is 14.2 Å². The number of ether oxygens (including phenoxy) is 3. The van der Waals surface area contributed by atoms with Gasteiger partial charge in [-0.2, -0.15) is 0 Å². The molecule has 0 saturated carbocycles. The van der Waals surface area contributed by atoms with E-state index < -0.39 is 11.7 Å². The van der Waals surface area contributed by atoms with E-state index in [0.717, 1.165) is 5.56 Å². The molecule has 2 rings (SSSR count). The number of aliphatic hydroxyl groups is 1. The summed E-state index contributed by atoms with van der Waals surface area (Å²) in [6.45, 7) is 5.64. The monoisotopic (exact) mass is 264 g/mol. The van der Waals surface area contributed by atoms with Crippen LogP contribution in [0.3, 0.4) is 0 Å². The fraction of sp³-hybridized carbons (Fsp3) is 0.467. The first kappa shape index (κ1) is 13.7. The summed E-state index contributed by atoms with van der Waals surface area (Å²) >= 11 is 0. The zero-order valence-corrected chi connectivity index (χ0v) is 12.0. The number of fused-ring (bicyclic) bond motifs is 1. The van der Waals surface area contributed by atoms with Crippen molar-refractivity contribution in [3.8, 4) is 17.2 Å². The average Bonchev–Trinajstić information content (AvgIpc) is 2.35. The van der Waals surface area contributed by atoms with Crippen LogP contribution in [0.1, 0.15) is 38.0 Å². The summed E-state index contributed by atoms with van der Waals surface area (Å²) in [5.74, 6) is 1.69. The number of aliphatic hydroxyl groups excluding tert-OH is 1. The number of methoxy groups -OCH3 is 2. The standard InChI is InChI=1S/C15H20O4/c1-9(16)11-8-10-6-7-15(2,3)19-12(10)14(18-5)13(11)17-4/h6-9,16H,1-5H3/t9-/m0/s1. The van der Waals surface area contributed by atoms with E-state index in [1.165, 1.54) is 0 Å². The van der Waals surface area contributed by atoms with Crippen LogP contribution in [0, 0.1) is 0 Å². The van der Waals surface area contributed by atoms with E-state index in [4.69, 9.17) is 14.2 Å². The van der Waals surface area contributed by atoms with Gasteiger partial charge in [-0.25, -0.2) is 0 Å². The third kappa shape index (κ3) is 2.40. The highest BCUT2D eigenvalue weighted by Crippen LogP contribution is 2.48. The maximum Gasteiger partial charge on any atom is 0.204 e. The Balaban J connectivity index is 2.68. The largest absolute Gasteiger partial charge is 0.492 e. The molecule has 4 nitrogen and oxygen atoms in total. The molecule has 0 spiro atoms. The summed E-state index contributed by atoms with van der Waals surface area (Å²) < 4.78 is 16.7. The van der Waals surface area contributed by atoms with E-state index in [1.807, 2.05) is 32.1 Å². The Bertz CT molecular complexity index is 515. The van der Waals surface area contributed by atoms with E-state index in [9.17, 15) is 5.11 Å². The van der Waals surface area contributed by atoms with Crippen LogP contribution in [0.25, 0.3) is 6.08 Å². The van der Waals surface area contributed by atoms with Gasteiger partial charge in [0, 0.05) is 11.1 Å². The number of hydrogen-bond acceptors (Lipinski definition) is 4. The number of benzene rings is 1. The van der Waals surface area contributed by atoms with Gasteiger partial charge >= 0.3 is 0 Å². The average molecular weight is 264 g/mol. The maximum atomic E-state index is 9.86. The Kier molecular flexibility index (Phi) is 3.45. The third-order valence-electron chi connectivity index (χ3n) is 3.14. The highest BCUT2D eigenvalue weighted by Gasteiger charge is 2.29. The summed E-state index contributed by atoms with van der Waals surface area (Å²) in [4.78, 5) is 0. The lowest BCUT2D eigenvalue weighted by Gasteiger charge is -2.30. The van der Waals surface area contributed by atoms with Crippen LogP contribution in [0.2, 0.25) is 0 Å². The molecular formula is C15H20O4. The summed E-state index contributed by atoms with van der Waals surface area (Å²) in [5, 5.41) is 9.86. The van der Waals surface area contributed by atoms with Gasteiger partial charge in [-0.15, -0.1) is 0 Å². The van der Waals surface area contributed by atoms with Gasteiger partial charge in [-0.05, 0) is 32.9 Å². The van der Waals surface area contributed by atoms with Crippen molar-refractivity contribution in [3.63, 3.8) is 0 Å². The molecule has 0 unspecified atom stereocenters. The van der Waals surface area contributed by atoms with E-state index in [2.05, 4.69) is 0 Å². The van der Waals surface area contributed by atoms with Gasteiger partial charge in [0.15, 0.2) is 11.5 Å². The molecular weight excluding hydrogens is 244 g/mol. The molecule has 19 heavy (non-hydrogen) atoms. The van der Waals surface area contributed by atoms with Crippen LogP contribution in [-0.4, -0.2) is 24.9 Å². The fourth-order valence-electron chi connectivity index (χ4n) is 2.19. The van der Waals surface area contributed by atoms with E-state index >= 15 is 0 Å². The lowest BCUT2D eigenvalue weighted by Crippen LogP contribution is -2.28. The number of hydrogen-bond donors (Lipinski definition) is 1. The summed E-state index contributed by atoms with van der Waals surface area (Å²) in [5.41, 5.74) is 1.18. The van der Waals surface area contributed by atoms with Gasteiger partial charge in [0.25, 0.3) is 0 Å². The van der Waals surface area contributed by atoms with Crippen molar-refractivity contribution >= 4 is 6.08 Å². The molecule has 0 fully saturated rings. The Labute approximate surface area is 113 Å². The lowest BCUT2D eigenvalue weighted by molar-refractivity contribution is 0.149. The highest BCUT2D eigenvalue weighted by molar-refractivity contribution is 5.71. The van der Waals surface area contributed by atoms with Crippen molar-refractivity contribution in [1.82, 2.24) is 0 Å². The SMILES string of the molecule is COc1c([C@H](C)O)cc2c(c1OC)OC(C)(C)C=C2. The van der Waals surface area contributed by atoms with Gasteiger partial charge in [0.1, 0.15) is 5.60 Å². The number of rotatable bonds is 3. The second-order valence-electron chi connectivity index (χ2n) is 5.17. The molecule has 4 heteroatoms. The second kappa shape index (κ2) is 4.78. The summed E-state index contributed by atoms with van der Waals surface area (Å²) in [6.07, 6.45) is 3.32. The van der Waals surface area contributed by atoms with Crippen LogP contribution in [0.5, 0.6) is 17.2 Å². The van der Waals surface area contributed by atoms with Crippen LogP contribution in [0.4, 0.5) is 0 Å². The van der Waals surface area contributed by atoms with Crippen LogP contribution >= 0.6 is 0 Å². The first-order valence-electron chi connectivity index (χ1n) is 6.25. The van der Waals surface area contributed by atoms with Gasteiger partial charge in [-0.3, -0.25) is 0 Å². The zero-order chi connectivity index (χ0) is 14.2. The molecule has 1 N–H and O–H groups in total. The van der Waals surface area contributed by atoms with E-state index in [0.29, 0.717) is 22.8 Å². The molecule has 1 atom stereocenters. The van der Waals surface area contributed by atoms with Crippen molar-refractivity contribution in [2.75, 3.05) is 14.2 Å². The Hall–Kier alpha value is -1.68. The molecule has 0 bridgehead atoms. The van der Waals surface area contributed by atoms with Crippen molar-refractivity contribution < 1.29 is 19.3 Å². The van der Waals surface area contributed by atoms with Crippen molar-refractivity contribution in [2.45, 2.75) is 32.5 Å². The summed E-state index contributed by atoms with van der Waals surface area (Å²) in [7, 11) is 3.12. The fourth-order valence-corrected chi connectivity index (χ4v) is 2.19. The minimum atomic E-state index is -0.641. The first-order valence-corrected chi connectivity index (χ1v) is 6.25. The Morgan fingerprint density at radius 3 is 2.37 bits per heavy atom. The van der Waals surface area contributed by atoms with Crippen molar-refractivity contribution in [1.29, 1.82) is 0 Å². The van der Waals surface area contributed by atoms with Gasteiger partial charge in [-0.1, -0.05) is 6.08 Å². The lowest BCUT2D eigenvalue weighted by atomic mass is 9.98. The Morgan fingerprint density at radius 1 is 1.21 bits per heavy atom. The topological polar surface area (TPSA) is 47.9 Å². The third-order valence-corrected chi connectivity index (χ3v) is 3.14. The molecule has 0 amide bonds. The predicted molar refractivity (Wildman–Crippen MR) is 73.9 cm³/mol. The van der Waals surface area contributed by atoms with Crippen LogP contribution in [-0.2, 0) is 0 Å². The molecule has 1 heterocycles. The smallest absolute Gasteiger partial charge is 0.204 e. The highest BCUT2D eigenvalue weighted by atomic mass is 16.5. The predicted octanol–water partition coefficient (Wildman–Crippen LogP) is 2.94. The molecule has 1 aliphatic rings. The first-order chi connectivity index (χ1) is 8.89. The minimum absolute atomic E-state index is 0.391. The van der Waals surface area contributed by atoms with Crippen molar-refractivity contribution in [3.05, 3.63) is 23.3 Å². The second-order valence-corrected chi connectivity index (χ2v) is 5.17. The molecule has 0 saturated heterocycles. The van der Waals surface area contributed by atoms with Gasteiger partial charge in [0.05, 0.1) is 20.3 Å². The Morgan fingerprint density at radius 2 is 1.84 bits per heavy atom. The molecule has 0 radical (unpaired) electrons. The molecule has 104 valence electrons. The summed E-state index contributed by atoms with van der Waals surface area (Å²) in [6, 6.07) is 1.87.